The molecule has 4 rings (SSSR count). The van der Waals surface area contributed by atoms with Gasteiger partial charge in [-0.1, -0.05) is 11.3 Å². The first-order chi connectivity index (χ1) is 18.7. The molecule has 1 aromatic heterocycles. The van der Waals surface area contributed by atoms with Crippen LogP contribution in [0.25, 0.3) is 5.76 Å². The Kier molecular flexibility index (Phi) is 7.91. The summed E-state index contributed by atoms with van der Waals surface area (Å²) in [6.07, 6.45) is 0. The van der Waals surface area contributed by atoms with Crippen molar-refractivity contribution in [2.45, 2.75) is 26.8 Å². The van der Waals surface area contributed by atoms with Crippen LogP contribution >= 0.6 is 11.3 Å². The lowest BCUT2D eigenvalue weighted by Crippen LogP contribution is -2.29. The number of thiazole rings is 1. The largest absolute Gasteiger partial charge is 0.507 e. The number of ether oxygens (including phenoxy) is 4. The first-order valence-corrected chi connectivity index (χ1v) is 12.8. The number of aryl methyl sites for hydroxylation is 2. The summed E-state index contributed by atoms with van der Waals surface area (Å²) >= 11 is 0.929. The number of anilines is 1. The van der Waals surface area contributed by atoms with Gasteiger partial charge in [0.2, 0.25) is 0 Å². The smallest absolute Gasteiger partial charge is 0.350 e. The molecule has 0 bridgehead atoms. The Morgan fingerprint density at radius 1 is 1.03 bits per heavy atom. The zero-order chi connectivity index (χ0) is 28.4. The van der Waals surface area contributed by atoms with Gasteiger partial charge in [-0.2, -0.15) is 0 Å². The summed E-state index contributed by atoms with van der Waals surface area (Å²) in [6, 6.07) is 8.79. The molecule has 39 heavy (non-hydrogen) atoms. The molecule has 1 aliphatic rings. The number of esters is 1. The molecule has 1 N–H and O–H groups in total. The van der Waals surface area contributed by atoms with Gasteiger partial charge in [0.25, 0.3) is 5.78 Å². The van der Waals surface area contributed by atoms with Gasteiger partial charge in [0, 0.05) is 17.2 Å². The van der Waals surface area contributed by atoms with Crippen LogP contribution in [0.15, 0.2) is 42.0 Å². The minimum absolute atomic E-state index is 0.103. The number of ketones is 1. The van der Waals surface area contributed by atoms with E-state index in [1.165, 1.54) is 26.2 Å². The van der Waals surface area contributed by atoms with Crippen LogP contribution in [0.2, 0.25) is 0 Å². The van der Waals surface area contributed by atoms with E-state index >= 15 is 0 Å². The molecule has 11 heteroatoms. The van der Waals surface area contributed by atoms with Gasteiger partial charge in [0.1, 0.15) is 33.9 Å². The molecule has 204 valence electrons. The van der Waals surface area contributed by atoms with Gasteiger partial charge >= 0.3 is 11.9 Å². The van der Waals surface area contributed by atoms with Gasteiger partial charge in [-0.3, -0.25) is 14.5 Å². The predicted octanol–water partition coefficient (Wildman–Crippen LogP) is 4.59. The summed E-state index contributed by atoms with van der Waals surface area (Å²) in [5.74, 6) is -1.37. The molecule has 1 fully saturated rings. The van der Waals surface area contributed by atoms with E-state index in [-0.39, 0.29) is 27.9 Å². The minimum Gasteiger partial charge on any atom is -0.507 e. The maximum atomic E-state index is 13.6. The molecule has 0 radical (unpaired) electrons. The molecule has 1 amide bonds. The highest BCUT2D eigenvalue weighted by atomic mass is 32.1. The number of hydrogen-bond donors (Lipinski definition) is 1. The molecule has 3 aromatic rings. The van der Waals surface area contributed by atoms with Crippen molar-refractivity contribution in [2.75, 3.05) is 32.8 Å². The molecule has 0 aliphatic carbocycles. The third-order valence-electron chi connectivity index (χ3n) is 6.32. The second-order valence-electron chi connectivity index (χ2n) is 8.59. The second kappa shape index (κ2) is 11.2. The van der Waals surface area contributed by atoms with Crippen molar-refractivity contribution >= 4 is 39.9 Å². The lowest BCUT2D eigenvalue weighted by molar-refractivity contribution is -0.132. The zero-order valence-corrected chi connectivity index (χ0v) is 23.2. The first kappa shape index (κ1) is 27.6. The fourth-order valence-corrected chi connectivity index (χ4v) is 5.40. The van der Waals surface area contributed by atoms with Crippen molar-refractivity contribution in [3.8, 4) is 17.2 Å². The number of amides is 1. The Morgan fingerprint density at radius 3 is 2.31 bits per heavy atom. The number of Topliss-reactive ketones (excluding diaryl/α,β-unsaturated/α-hetero) is 1. The van der Waals surface area contributed by atoms with E-state index in [9.17, 15) is 19.5 Å². The summed E-state index contributed by atoms with van der Waals surface area (Å²) in [6.45, 7) is 5.23. The molecule has 1 atom stereocenters. The number of aromatic nitrogens is 1. The number of methoxy groups -OCH3 is 3. The topological polar surface area (TPSA) is 124 Å². The average molecular weight is 553 g/mol. The maximum absolute atomic E-state index is 13.6. The van der Waals surface area contributed by atoms with Gasteiger partial charge in [-0.25, -0.2) is 9.78 Å². The van der Waals surface area contributed by atoms with Crippen LogP contribution < -0.4 is 19.1 Å². The van der Waals surface area contributed by atoms with E-state index < -0.39 is 23.7 Å². The lowest BCUT2D eigenvalue weighted by Gasteiger charge is -2.25. The summed E-state index contributed by atoms with van der Waals surface area (Å²) in [5.41, 5.74) is 1.60. The monoisotopic (exact) mass is 552 g/mol. The van der Waals surface area contributed by atoms with Crippen LogP contribution in [0.3, 0.4) is 0 Å². The second-order valence-corrected chi connectivity index (χ2v) is 9.57. The van der Waals surface area contributed by atoms with Gasteiger partial charge in [-0.05, 0) is 56.7 Å². The molecule has 1 saturated heterocycles. The molecule has 0 unspecified atom stereocenters. The first-order valence-electron chi connectivity index (χ1n) is 12.0. The van der Waals surface area contributed by atoms with E-state index in [2.05, 4.69) is 4.98 Å². The molecule has 0 saturated carbocycles. The van der Waals surface area contributed by atoms with E-state index in [0.29, 0.717) is 39.6 Å². The number of aliphatic hydroxyl groups excluding tert-OH is 1. The normalized spacial score (nSPS) is 16.4. The van der Waals surface area contributed by atoms with Crippen LogP contribution in [-0.4, -0.2) is 55.7 Å². The number of nitrogens with zero attached hydrogens (tertiary/aromatic N) is 2. The highest BCUT2D eigenvalue weighted by molar-refractivity contribution is 7.17. The number of hydrogen-bond acceptors (Lipinski definition) is 10. The molecule has 0 spiro atoms. The zero-order valence-electron chi connectivity index (χ0n) is 22.4. The SMILES string of the molecule is CCOC(=O)c1sc(N2C(=O)C(=O)/C(=C(/O)c3ccc(OC)cc3C)[C@H]2c2ccc(OC)cc2OC)nc1C. The Labute approximate surface area is 229 Å². The summed E-state index contributed by atoms with van der Waals surface area (Å²) < 4.78 is 21.3. The molecule has 2 heterocycles. The Bertz CT molecular complexity index is 1490. The quantitative estimate of drug-likeness (QED) is 0.185. The number of carbonyl (C=O) groups excluding carboxylic acids is 3. The van der Waals surface area contributed by atoms with Crippen LogP contribution in [-0.2, 0) is 14.3 Å². The molecule has 10 nitrogen and oxygen atoms in total. The van der Waals surface area contributed by atoms with E-state index in [1.54, 1.807) is 57.2 Å². The third-order valence-corrected chi connectivity index (χ3v) is 7.46. The highest BCUT2D eigenvalue weighted by Crippen LogP contribution is 2.47. The predicted molar refractivity (Wildman–Crippen MR) is 145 cm³/mol. The van der Waals surface area contributed by atoms with Gasteiger partial charge in [-0.15, -0.1) is 0 Å². The van der Waals surface area contributed by atoms with Crippen molar-refractivity contribution in [3.63, 3.8) is 0 Å². The van der Waals surface area contributed by atoms with Crippen molar-refractivity contribution in [1.29, 1.82) is 0 Å². The lowest BCUT2D eigenvalue weighted by atomic mass is 9.93. The Morgan fingerprint density at radius 2 is 1.69 bits per heavy atom. The van der Waals surface area contributed by atoms with Crippen molar-refractivity contribution in [3.05, 3.63) is 69.2 Å². The molecule has 2 aromatic carbocycles. The fraction of sp³-hybridized carbons (Fsp3) is 0.286. The maximum Gasteiger partial charge on any atom is 0.350 e. The summed E-state index contributed by atoms with van der Waals surface area (Å²) in [4.78, 5) is 45.4. The Balaban J connectivity index is 1.98. The standard InChI is InChI=1S/C28H28N2O8S/c1-7-38-27(34)25-15(3)29-28(39-25)30-22(19-11-9-17(36-5)13-20(19)37-6)21(24(32)26(30)33)23(31)18-10-8-16(35-4)12-14(18)2/h8-13,22,31H,7H2,1-6H3/b23-21+/t22-/m1/s1. The number of aliphatic hydroxyl groups is 1. The number of rotatable bonds is 8. The van der Waals surface area contributed by atoms with Crippen LogP contribution in [0.1, 0.15) is 45.0 Å². The summed E-state index contributed by atoms with van der Waals surface area (Å²) in [7, 11) is 4.48. The van der Waals surface area contributed by atoms with E-state index in [4.69, 9.17) is 18.9 Å². The van der Waals surface area contributed by atoms with Crippen LogP contribution in [0.5, 0.6) is 17.2 Å². The van der Waals surface area contributed by atoms with Gasteiger partial charge in [0.05, 0.1) is 39.2 Å². The third kappa shape index (κ3) is 4.92. The fourth-order valence-electron chi connectivity index (χ4n) is 4.41. The Hall–Kier alpha value is -4.38. The number of carbonyl (C=O) groups is 3. The average Bonchev–Trinajstić information content (AvgIpc) is 3.44. The highest BCUT2D eigenvalue weighted by Gasteiger charge is 2.49. The molecular formula is C28H28N2O8S. The summed E-state index contributed by atoms with van der Waals surface area (Å²) in [5, 5.41) is 11.6. The van der Waals surface area contributed by atoms with Crippen LogP contribution in [0, 0.1) is 13.8 Å². The molecular weight excluding hydrogens is 524 g/mol. The van der Waals surface area contributed by atoms with Gasteiger partial charge in [0.15, 0.2) is 5.13 Å². The van der Waals surface area contributed by atoms with Crippen LogP contribution in [0.4, 0.5) is 5.13 Å². The van der Waals surface area contributed by atoms with Crippen molar-refractivity contribution in [2.24, 2.45) is 0 Å². The van der Waals surface area contributed by atoms with Crippen molar-refractivity contribution < 1.29 is 38.4 Å². The van der Waals surface area contributed by atoms with Crippen molar-refractivity contribution in [1.82, 2.24) is 4.98 Å². The van der Waals surface area contributed by atoms with Gasteiger partial charge < -0.3 is 24.1 Å². The van der Waals surface area contributed by atoms with E-state index in [0.717, 1.165) is 11.3 Å². The van der Waals surface area contributed by atoms with E-state index in [1.807, 2.05) is 0 Å². The minimum atomic E-state index is -1.12. The number of benzene rings is 2. The molecule has 1 aliphatic heterocycles.